The first kappa shape index (κ1) is 21.7. The Kier molecular flexibility index (Phi) is 6.65. The number of nitrogens with one attached hydrogen (secondary N) is 1. The molecule has 1 saturated heterocycles. The van der Waals surface area contributed by atoms with Gasteiger partial charge in [0, 0.05) is 36.2 Å². The van der Waals surface area contributed by atoms with Crippen LogP contribution in [-0.4, -0.2) is 50.1 Å². The normalized spacial score (nSPS) is 18.4. The fourth-order valence-corrected chi connectivity index (χ4v) is 3.95. The summed E-state index contributed by atoms with van der Waals surface area (Å²) in [7, 11) is 3.22. The molecule has 6 heteroatoms. The van der Waals surface area contributed by atoms with Crippen LogP contribution in [0.2, 0.25) is 0 Å². The largest absolute Gasteiger partial charge is 0.497 e. The number of hydrogen-bond acceptors (Lipinski definition) is 4. The van der Waals surface area contributed by atoms with E-state index >= 15 is 0 Å². The summed E-state index contributed by atoms with van der Waals surface area (Å²) in [6.45, 7) is 6.65. The number of hydrogen-bond donors (Lipinski definition) is 1. The fraction of sp³-hybridized carbons (Fsp3) is 0.417. The maximum absolute atomic E-state index is 13.1. The highest BCUT2D eigenvalue weighted by Gasteiger charge is 2.42. The highest BCUT2D eigenvalue weighted by Crippen LogP contribution is 2.40. The SMILES string of the molecule is COc1ccc(OC)c([C@@H]2CN(C(=O)c3ccc(C)cc3)C[C@H]2C(=O)NC(C)C)c1. The van der Waals surface area contributed by atoms with E-state index in [0.29, 0.717) is 30.2 Å². The summed E-state index contributed by atoms with van der Waals surface area (Å²) in [5.74, 6) is 0.691. The average molecular weight is 411 g/mol. The first-order valence-corrected chi connectivity index (χ1v) is 10.2. The molecular formula is C24H30N2O4. The summed E-state index contributed by atoms with van der Waals surface area (Å²) < 4.78 is 11.0. The molecule has 6 nitrogen and oxygen atoms in total. The molecule has 0 bridgehead atoms. The molecule has 0 radical (unpaired) electrons. The number of carbonyl (C=O) groups is 2. The van der Waals surface area contributed by atoms with E-state index in [-0.39, 0.29) is 29.7 Å². The van der Waals surface area contributed by atoms with E-state index in [0.717, 1.165) is 11.1 Å². The van der Waals surface area contributed by atoms with Crippen molar-refractivity contribution in [3.8, 4) is 11.5 Å². The molecule has 3 rings (SSSR count). The second kappa shape index (κ2) is 9.20. The van der Waals surface area contributed by atoms with Crippen molar-refractivity contribution in [3.05, 3.63) is 59.2 Å². The maximum Gasteiger partial charge on any atom is 0.253 e. The van der Waals surface area contributed by atoms with Crippen molar-refractivity contribution in [2.45, 2.75) is 32.7 Å². The van der Waals surface area contributed by atoms with Gasteiger partial charge in [0.15, 0.2) is 0 Å². The van der Waals surface area contributed by atoms with Gasteiger partial charge >= 0.3 is 0 Å². The molecule has 0 spiro atoms. The van der Waals surface area contributed by atoms with Gasteiger partial charge in [-0.15, -0.1) is 0 Å². The van der Waals surface area contributed by atoms with E-state index in [1.165, 1.54) is 0 Å². The zero-order chi connectivity index (χ0) is 21.8. The quantitative estimate of drug-likeness (QED) is 0.793. The first-order valence-electron chi connectivity index (χ1n) is 10.2. The van der Waals surface area contributed by atoms with E-state index in [1.54, 1.807) is 19.1 Å². The monoisotopic (exact) mass is 410 g/mol. The number of aryl methyl sites for hydroxylation is 1. The van der Waals surface area contributed by atoms with Gasteiger partial charge in [-0.05, 0) is 51.1 Å². The zero-order valence-electron chi connectivity index (χ0n) is 18.3. The lowest BCUT2D eigenvalue weighted by Gasteiger charge is -2.22. The number of amides is 2. The van der Waals surface area contributed by atoms with Crippen molar-refractivity contribution in [2.24, 2.45) is 5.92 Å². The number of carbonyl (C=O) groups excluding carboxylic acids is 2. The number of ether oxygens (including phenoxy) is 2. The predicted molar refractivity (Wildman–Crippen MR) is 116 cm³/mol. The lowest BCUT2D eigenvalue weighted by molar-refractivity contribution is -0.125. The lowest BCUT2D eigenvalue weighted by atomic mass is 9.87. The molecule has 1 fully saturated rings. The highest BCUT2D eigenvalue weighted by atomic mass is 16.5. The number of rotatable bonds is 6. The van der Waals surface area contributed by atoms with Crippen LogP contribution in [-0.2, 0) is 4.79 Å². The Morgan fingerprint density at radius 2 is 1.73 bits per heavy atom. The molecule has 1 aliphatic heterocycles. The van der Waals surface area contributed by atoms with Gasteiger partial charge in [0.25, 0.3) is 5.91 Å². The molecule has 30 heavy (non-hydrogen) atoms. The molecule has 0 aromatic heterocycles. The van der Waals surface area contributed by atoms with Gasteiger partial charge < -0.3 is 19.7 Å². The van der Waals surface area contributed by atoms with E-state index in [1.807, 2.05) is 63.2 Å². The van der Waals surface area contributed by atoms with Gasteiger partial charge in [-0.1, -0.05) is 17.7 Å². The smallest absolute Gasteiger partial charge is 0.253 e. The van der Waals surface area contributed by atoms with Gasteiger partial charge in [0.1, 0.15) is 11.5 Å². The van der Waals surface area contributed by atoms with Crippen molar-refractivity contribution < 1.29 is 19.1 Å². The van der Waals surface area contributed by atoms with Crippen molar-refractivity contribution in [1.29, 1.82) is 0 Å². The third-order valence-corrected chi connectivity index (χ3v) is 5.51. The zero-order valence-corrected chi connectivity index (χ0v) is 18.3. The van der Waals surface area contributed by atoms with Crippen LogP contribution in [0.4, 0.5) is 0 Å². The summed E-state index contributed by atoms with van der Waals surface area (Å²) >= 11 is 0. The van der Waals surface area contributed by atoms with Crippen LogP contribution >= 0.6 is 0 Å². The van der Waals surface area contributed by atoms with Crippen LogP contribution in [0.3, 0.4) is 0 Å². The highest BCUT2D eigenvalue weighted by molar-refractivity contribution is 5.95. The molecule has 0 saturated carbocycles. The molecular weight excluding hydrogens is 380 g/mol. The minimum absolute atomic E-state index is 0.0206. The summed E-state index contributed by atoms with van der Waals surface area (Å²) in [5.41, 5.74) is 2.60. The van der Waals surface area contributed by atoms with Crippen molar-refractivity contribution >= 4 is 11.8 Å². The van der Waals surface area contributed by atoms with Crippen LogP contribution in [0.15, 0.2) is 42.5 Å². The van der Waals surface area contributed by atoms with Gasteiger partial charge in [0.2, 0.25) is 5.91 Å². The van der Waals surface area contributed by atoms with Crippen molar-refractivity contribution in [1.82, 2.24) is 10.2 Å². The van der Waals surface area contributed by atoms with Crippen LogP contribution in [0.25, 0.3) is 0 Å². The second-order valence-corrected chi connectivity index (χ2v) is 8.06. The molecule has 0 aliphatic carbocycles. The Balaban J connectivity index is 1.96. The topological polar surface area (TPSA) is 67.9 Å². The standard InChI is InChI=1S/C24H30N2O4/c1-15(2)25-23(27)21-14-26(24(28)17-8-6-16(3)7-9-17)13-20(21)19-12-18(29-4)10-11-22(19)30-5/h6-12,15,20-21H,13-14H2,1-5H3,(H,25,27)/t20-,21+/m0/s1. The van der Waals surface area contributed by atoms with Crippen LogP contribution in [0.1, 0.15) is 41.3 Å². The number of nitrogens with zero attached hydrogens (tertiary/aromatic N) is 1. The fourth-order valence-electron chi connectivity index (χ4n) is 3.95. The lowest BCUT2D eigenvalue weighted by Crippen LogP contribution is -2.39. The Morgan fingerprint density at radius 1 is 1.03 bits per heavy atom. The summed E-state index contributed by atoms with van der Waals surface area (Å²) in [6, 6.07) is 13.1. The van der Waals surface area contributed by atoms with E-state index in [9.17, 15) is 9.59 Å². The van der Waals surface area contributed by atoms with E-state index in [2.05, 4.69) is 5.32 Å². The average Bonchev–Trinajstić information content (AvgIpc) is 3.18. The minimum atomic E-state index is -0.372. The second-order valence-electron chi connectivity index (χ2n) is 8.06. The molecule has 1 N–H and O–H groups in total. The minimum Gasteiger partial charge on any atom is -0.497 e. The van der Waals surface area contributed by atoms with Crippen molar-refractivity contribution in [2.75, 3.05) is 27.3 Å². The number of methoxy groups -OCH3 is 2. The van der Waals surface area contributed by atoms with Crippen LogP contribution < -0.4 is 14.8 Å². The molecule has 1 heterocycles. The Bertz CT molecular complexity index is 908. The third-order valence-electron chi connectivity index (χ3n) is 5.51. The first-order chi connectivity index (χ1) is 14.3. The van der Waals surface area contributed by atoms with Gasteiger partial charge in [0.05, 0.1) is 20.1 Å². The molecule has 2 aromatic carbocycles. The van der Waals surface area contributed by atoms with Crippen LogP contribution in [0.5, 0.6) is 11.5 Å². The van der Waals surface area contributed by atoms with Crippen LogP contribution in [0, 0.1) is 12.8 Å². The third kappa shape index (κ3) is 4.58. The Morgan fingerprint density at radius 3 is 2.33 bits per heavy atom. The van der Waals surface area contributed by atoms with E-state index in [4.69, 9.17) is 9.47 Å². The summed E-state index contributed by atoms with van der Waals surface area (Å²) in [6.07, 6.45) is 0. The molecule has 2 atom stereocenters. The van der Waals surface area contributed by atoms with Gasteiger partial charge in [-0.3, -0.25) is 9.59 Å². The van der Waals surface area contributed by atoms with Gasteiger partial charge in [-0.2, -0.15) is 0 Å². The molecule has 160 valence electrons. The molecule has 1 aliphatic rings. The van der Waals surface area contributed by atoms with E-state index < -0.39 is 0 Å². The predicted octanol–water partition coefficient (Wildman–Crippen LogP) is 3.39. The molecule has 2 aromatic rings. The number of likely N-dealkylation sites (tertiary alicyclic amines) is 1. The summed E-state index contributed by atoms with van der Waals surface area (Å²) in [4.78, 5) is 27.9. The van der Waals surface area contributed by atoms with Gasteiger partial charge in [-0.25, -0.2) is 0 Å². The summed E-state index contributed by atoms with van der Waals surface area (Å²) in [5, 5.41) is 3.01. The Hall–Kier alpha value is -3.02. The Labute approximate surface area is 178 Å². The molecule has 0 unspecified atom stereocenters. The number of benzene rings is 2. The maximum atomic E-state index is 13.1. The molecule has 2 amide bonds. The van der Waals surface area contributed by atoms with Crippen molar-refractivity contribution in [3.63, 3.8) is 0 Å².